The van der Waals surface area contributed by atoms with Gasteiger partial charge < -0.3 is 19.5 Å². The third-order valence-corrected chi connectivity index (χ3v) is 4.50. The van der Waals surface area contributed by atoms with E-state index in [2.05, 4.69) is 20.9 Å². The number of rotatable bonds is 8. The number of nitrogens with one attached hydrogen (secondary N) is 1. The Morgan fingerprint density at radius 1 is 1.19 bits per heavy atom. The molecule has 0 aliphatic carbocycles. The summed E-state index contributed by atoms with van der Waals surface area (Å²) in [5, 5.41) is 2.95. The molecule has 1 aromatic heterocycles. The fourth-order valence-corrected chi connectivity index (χ4v) is 2.88. The van der Waals surface area contributed by atoms with Crippen molar-refractivity contribution in [2.75, 3.05) is 26.7 Å². The van der Waals surface area contributed by atoms with Gasteiger partial charge in [0.15, 0.2) is 0 Å². The second kappa shape index (κ2) is 9.07. The Kier molecular flexibility index (Phi) is 6.30. The molecule has 142 valence electrons. The van der Waals surface area contributed by atoms with Crippen LogP contribution in [0.4, 0.5) is 4.79 Å². The van der Waals surface area contributed by atoms with Gasteiger partial charge in [-0.2, -0.15) is 0 Å². The average molecular weight is 366 g/mol. The first-order valence-electron chi connectivity index (χ1n) is 9.22. The summed E-state index contributed by atoms with van der Waals surface area (Å²) >= 11 is 0. The quantitative estimate of drug-likeness (QED) is 0.621. The van der Waals surface area contributed by atoms with Crippen molar-refractivity contribution in [1.29, 1.82) is 0 Å². The lowest BCUT2D eigenvalue weighted by Crippen LogP contribution is -2.40. The number of imidazole rings is 1. The first-order valence-corrected chi connectivity index (χ1v) is 9.22. The van der Waals surface area contributed by atoms with Crippen LogP contribution in [-0.2, 0) is 6.54 Å². The fraction of sp³-hybridized carbons (Fsp3) is 0.333. The number of hydrogen-bond acceptors (Lipinski definition) is 3. The maximum absolute atomic E-state index is 12.2. The summed E-state index contributed by atoms with van der Waals surface area (Å²) in [6.45, 7) is 4.45. The number of urea groups is 1. The molecule has 2 amide bonds. The number of fused-ring (bicyclic) bond motifs is 1. The predicted molar refractivity (Wildman–Crippen MR) is 107 cm³/mol. The van der Waals surface area contributed by atoms with Gasteiger partial charge in [0.05, 0.1) is 23.9 Å². The van der Waals surface area contributed by atoms with Crippen LogP contribution >= 0.6 is 0 Å². The summed E-state index contributed by atoms with van der Waals surface area (Å²) in [5.41, 5.74) is 3.21. The number of hydrogen-bond donors (Lipinski definition) is 1. The number of likely N-dealkylation sites (N-methyl/N-ethyl adjacent to an activating group) is 1. The number of nitrogens with zero attached hydrogens (tertiary/aromatic N) is 3. The molecule has 0 aliphatic rings. The molecule has 0 fully saturated rings. The lowest BCUT2D eigenvalue weighted by Gasteiger charge is -2.18. The lowest BCUT2D eigenvalue weighted by molar-refractivity contribution is 0.195. The first kappa shape index (κ1) is 18.8. The SMILES string of the molecule is Cc1ccccc1OCCN(C)C(=O)NCCCn1cnc2ccccc21. The molecule has 0 atom stereocenters. The van der Waals surface area contributed by atoms with Crippen molar-refractivity contribution < 1.29 is 9.53 Å². The van der Waals surface area contributed by atoms with E-state index in [9.17, 15) is 4.79 Å². The zero-order valence-corrected chi connectivity index (χ0v) is 15.9. The molecule has 0 spiro atoms. The molecular weight excluding hydrogens is 340 g/mol. The van der Waals surface area contributed by atoms with Gasteiger partial charge in [0.25, 0.3) is 0 Å². The number of carbonyl (C=O) groups excluding carboxylic acids is 1. The minimum atomic E-state index is -0.0844. The molecule has 0 radical (unpaired) electrons. The van der Waals surface area contributed by atoms with Crippen LogP contribution in [0.1, 0.15) is 12.0 Å². The number of aromatic nitrogens is 2. The van der Waals surface area contributed by atoms with Crippen LogP contribution in [0.15, 0.2) is 54.9 Å². The summed E-state index contributed by atoms with van der Waals surface area (Å²) in [6, 6.07) is 15.8. The van der Waals surface area contributed by atoms with Gasteiger partial charge in [0.1, 0.15) is 12.4 Å². The van der Waals surface area contributed by atoms with E-state index in [0.29, 0.717) is 19.7 Å². The molecule has 0 saturated heterocycles. The zero-order valence-electron chi connectivity index (χ0n) is 15.9. The molecule has 3 rings (SSSR count). The maximum atomic E-state index is 12.2. The Morgan fingerprint density at radius 3 is 2.81 bits per heavy atom. The lowest BCUT2D eigenvalue weighted by atomic mass is 10.2. The Morgan fingerprint density at radius 2 is 1.96 bits per heavy atom. The Balaban J connectivity index is 1.35. The van der Waals surface area contributed by atoms with E-state index in [-0.39, 0.29) is 6.03 Å². The molecule has 1 heterocycles. The summed E-state index contributed by atoms with van der Waals surface area (Å²) in [7, 11) is 1.78. The highest BCUT2D eigenvalue weighted by Crippen LogP contribution is 2.15. The molecule has 0 bridgehead atoms. The van der Waals surface area contributed by atoms with Gasteiger partial charge >= 0.3 is 6.03 Å². The Hall–Kier alpha value is -3.02. The van der Waals surface area contributed by atoms with E-state index >= 15 is 0 Å². The third kappa shape index (κ3) is 5.00. The first-order chi connectivity index (χ1) is 13.1. The van der Waals surface area contributed by atoms with Gasteiger partial charge in [-0.3, -0.25) is 0 Å². The van der Waals surface area contributed by atoms with E-state index < -0.39 is 0 Å². The van der Waals surface area contributed by atoms with E-state index in [0.717, 1.165) is 35.3 Å². The third-order valence-electron chi connectivity index (χ3n) is 4.50. The minimum absolute atomic E-state index is 0.0844. The predicted octanol–water partition coefficient (Wildman–Crippen LogP) is 3.46. The van der Waals surface area contributed by atoms with Gasteiger partial charge in [-0.1, -0.05) is 30.3 Å². The van der Waals surface area contributed by atoms with Crippen LogP contribution in [0.3, 0.4) is 0 Å². The molecule has 0 saturated carbocycles. The van der Waals surface area contributed by atoms with Crippen molar-refractivity contribution in [3.8, 4) is 5.75 Å². The van der Waals surface area contributed by atoms with Crippen molar-refractivity contribution in [2.24, 2.45) is 0 Å². The van der Waals surface area contributed by atoms with Crippen LogP contribution in [0, 0.1) is 6.92 Å². The number of para-hydroxylation sites is 3. The van der Waals surface area contributed by atoms with Gasteiger partial charge in [0, 0.05) is 20.1 Å². The van der Waals surface area contributed by atoms with E-state index in [1.807, 2.05) is 55.7 Å². The standard InChI is InChI=1S/C21H26N4O2/c1-17-8-3-6-11-20(17)27-15-14-24(2)21(26)22-12-7-13-25-16-23-18-9-4-5-10-19(18)25/h3-6,8-11,16H,7,12-15H2,1-2H3,(H,22,26). The molecule has 27 heavy (non-hydrogen) atoms. The normalized spacial score (nSPS) is 10.7. The van der Waals surface area contributed by atoms with Crippen molar-refractivity contribution in [3.05, 3.63) is 60.4 Å². The van der Waals surface area contributed by atoms with Crippen molar-refractivity contribution in [1.82, 2.24) is 19.8 Å². The molecule has 2 aromatic carbocycles. The highest BCUT2D eigenvalue weighted by Gasteiger charge is 2.08. The maximum Gasteiger partial charge on any atom is 0.317 e. The van der Waals surface area contributed by atoms with E-state index in [4.69, 9.17) is 4.74 Å². The van der Waals surface area contributed by atoms with Gasteiger partial charge in [-0.05, 0) is 37.1 Å². The largest absolute Gasteiger partial charge is 0.491 e. The smallest absolute Gasteiger partial charge is 0.317 e. The van der Waals surface area contributed by atoms with Crippen LogP contribution in [-0.4, -0.2) is 47.2 Å². The fourth-order valence-electron chi connectivity index (χ4n) is 2.88. The topological polar surface area (TPSA) is 59.4 Å². The summed E-state index contributed by atoms with van der Waals surface area (Å²) in [6.07, 6.45) is 2.70. The molecule has 0 unspecified atom stereocenters. The molecule has 3 aromatic rings. The van der Waals surface area contributed by atoms with Crippen molar-refractivity contribution in [2.45, 2.75) is 19.9 Å². The van der Waals surface area contributed by atoms with Crippen LogP contribution in [0.25, 0.3) is 11.0 Å². The number of ether oxygens (including phenoxy) is 1. The second-order valence-corrected chi connectivity index (χ2v) is 6.55. The zero-order chi connectivity index (χ0) is 19.1. The highest BCUT2D eigenvalue weighted by atomic mass is 16.5. The van der Waals surface area contributed by atoms with E-state index in [1.54, 1.807) is 11.9 Å². The molecule has 0 aliphatic heterocycles. The number of aryl methyl sites for hydroxylation is 2. The number of carbonyl (C=O) groups is 1. The summed E-state index contributed by atoms with van der Waals surface area (Å²) in [4.78, 5) is 18.2. The average Bonchev–Trinajstić information content (AvgIpc) is 3.09. The minimum Gasteiger partial charge on any atom is -0.491 e. The number of benzene rings is 2. The van der Waals surface area contributed by atoms with E-state index in [1.165, 1.54) is 0 Å². The van der Waals surface area contributed by atoms with Crippen LogP contribution < -0.4 is 10.1 Å². The van der Waals surface area contributed by atoms with Crippen molar-refractivity contribution in [3.63, 3.8) is 0 Å². The molecule has 6 heteroatoms. The summed E-state index contributed by atoms with van der Waals surface area (Å²) in [5.74, 6) is 0.860. The molecule has 1 N–H and O–H groups in total. The van der Waals surface area contributed by atoms with Crippen LogP contribution in [0.5, 0.6) is 5.75 Å². The highest BCUT2D eigenvalue weighted by molar-refractivity contribution is 5.75. The number of amides is 2. The van der Waals surface area contributed by atoms with Gasteiger partial charge in [-0.15, -0.1) is 0 Å². The molecular formula is C21H26N4O2. The van der Waals surface area contributed by atoms with Gasteiger partial charge in [0.2, 0.25) is 0 Å². The van der Waals surface area contributed by atoms with Gasteiger partial charge in [-0.25, -0.2) is 9.78 Å². The van der Waals surface area contributed by atoms with Crippen molar-refractivity contribution >= 4 is 17.1 Å². The van der Waals surface area contributed by atoms with Crippen LogP contribution in [0.2, 0.25) is 0 Å². The molecule has 6 nitrogen and oxygen atoms in total. The second-order valence-electron chi connectivity index (χ2n) is 6.55. The Bertz CT molecular complexity index is 891. The monoisotopic (exact) mass is 366 g/mol. The summed E-state index contributed by atoms with van der Waals surface area (Å²) < 4.78 is 7.85. The Labute approximate surface area is 159 Å².